The number of rotatable bonds is 6. The Morgan fingerprint density at radius 1 is 0.875 bits per heavy atom. The third-order valence-electron chi connectivity index (χ3n) is 3.82. The lowest BCUT2D eigenvalue weighted by Gasteiger charge is -2.20. The maximum Gasteiger partial charge on any atom is 0.0607 e. The summed E-state index contributed by atoms with van der Waals surface area (Å²) in [6.45, 7) is 2.11. The first-order valence-electron chi connectivity index (χ1n) is 7.97. The van der Waals surface area contributed by atoms with E-state index in [1.54, 1.807) is 0 Å². The summed E-state index contributed by atoms with van der Waals surface area (Å²) in [6.07, 6.45) is 0. The maximum atomic E-state index is 5.97. The topological polar surface area (TPSA) is 12.0 Å². The highest BCUT2D eigenvalue weighted by atomic mass is 35.5. The average Bonchev–Trinajstić information content (AvgIpc) is 2.62. The van der Waals surface area contributed by atoms with Crippen LogP contribution in [0.3, 0.4) is 0 Å². The van der Waals surface area contributed by atoms with Crippen LogP contribution < -0.4 is 5.32 Å². The van der Waals surface area contributed by atoms with Crippen LogP contribution in [0.1, 0.15) is 17.2 Å². The van der Waals surface area contributed by atoms with Crippen molar-refractivity contribution >= 4 is 29.1 Å². The molecule has 3 rings (SSSR count). The van der Waals surface area contributed by atoms with Crippen LogP contribution in [-0.4, -0.2) is 5.75 Å². The fourth-order valence-corrected chi connectivity index (χ4v) is 3.56. The lowest BCUT2D eigenvalue weighted by Crippen LogP contribution is -2.13. The number of benzene rings is 3. The van der Waals surface area contributed by atoms with Gasteiger partial charge >= 0.3 is 0 Å². The minimum absolute atomic E-state index is 0.245. The summed E-state index contributed by atoms with van der Waals surface area (Å²) in [6, 6.07) is 27.4. The Hall–Kier alpha value is -1.90. The van der Waals surface area contributed by atoms with Crippen molar-refractivity contribution in [1.29, 1.82) is 0 Å². The van der Waals surface area contributed by atoms with Gasteiger partial charge in [0.2, 0.25) is 0 Å². The van der Waals surface area contributed by atoms with E-state index in [1.807, 2.05) is 23.9 Å². The molecule has 0 aliphatic carbocycles. The zero-order valence-corrected chi connectivity index (χ0v) is 15.1. The maximum absolute atomic E-state index is 5.97. The molecule has 24 heavy (non-hydrogen) atoms. The molecular formula is C21H20ClNS. The molecule has 3 aromatic carbocycles. The molecule has 0 saturated carbocycles. The Bertz CT molecular complexity index is 754. The summed E-state index contributed by atoms with van der Waals surface area (Å²) in [5, 5.41) is 4.43. The van der Waals surface area contributed by atoms with Crippen molar-refractivity contribution in [3.8, 4) is 0 Å². The molecule has 0 spiro atoms. The van der Waals surface area contributed by atoms with Crippen molar-refractivity contribution in [3.63, 3.8) is 0 Å². The molecule has 0 amide bonds. The van der Waals surface area contributed by atoms with E-state index in [-0.39, 0.29) is 6.04 Å². The van der Waals surface area contributed by atoms with Gasteiger partial charge in [-0.15, -0.1) is 11.8 Å². The lowest BCUT2D eigenvalue weighted by atomic mass is 10.1. The van der Waals surface area contributed by atoms with Crippen LogP contribution in [0, 0.1) is 6.92 Å². The number of halogens is 1. The summed E-state index contributed by atoms with van der Waals surface area (Å²) in [5.41, 5.74) is 3.71. The van der Waals surface area contributed by atoms with Crippen LogP contribution in [0.2, 0.25) is 5.02 Å². The van der Waals surface area contributed by atoms with Crippen LogP contribution in [0.5, 0.6) is 0 Å². The second-order valence-corrected chi connectivity index (χ2v) is 7.27. The minimum atomic E-state index is 0.245. The van der Waals surface area contributed by atoms with Crippen LogP contribution in [0.4, 0.5) is 5.69 Å². The Balaban J connectivity index is 1.74. The van der Waals surface area contributed by atoms with Crippen LogP contribution in [0.25, 0.3) is 0 Å². The molecule has 0 aliphatic rings. The fraction of sp³-hybridized carbons (Fsp3) is 0.143. The van der Waals surface area contributed by atoms with Gasteiger partial charge in [0.1, 0.15) is 0 Å². The third kappa shape index (κ3) is 4.80. The first-order chi connectivity index (χ1) is 11.7. The quantitative estimate of drug-likeness (QED) is 0.501. The smallest absolute Gasteiger partial charge is 0.0607 e. The first-order valence-corrected chi connectivity index (χ1v) is 9.33. The van der Waals surface area contributed by atoms with Gasteiger partial charge in [0, 0.05) is 21.4 Å². The Morgan fingerprint density at radius 2 is 1.54 bits per heavy atom. The predicted molar refractivity (Wildman–Crippen MR) is 106 cm³/mol. The highest BCUT2D eigenvalue weighted by Gasteiger charge is 2.12. The molecule has 1 unspecified atom stereocenters. The second-order valence-electron chi connectivity index (χ2n) is 5.74. The van der Waals surface area contributed by atoms with Crippen LogP contribution in [-0.2, 0) is 0 Å². The number of anilines is 1. The largest absolute Gasteiger partial charge is 0.377 e. The minimum Gasteiger partial charge on any atom is -0.377 e. The molecule has 0 heterocycles. The van der Waals surface area contributed by atoms with Crippen LogP contribution >= 0.6 is 23.4 Å². The zero-order chi connectivity index (χ0) is 16.8. The zero-order valence-electron chi connectivity index (χ0n) is 13.6. The molecule has 1 N–H and O–H groups in total. The van der Waals surface area contributed by atoms with Gasteiger partial charge in [0.05, 0.1) is 6.04 Å². The van der Waals surface area contributed by atoms with Crippen molar-refractivity contribution in [2.45, 2.75) is 17.9 Å². The van der Waals surface area contributed by atoms with E-state index in [0.29, 0.717) is 0 Å². The molecule has 0 fully saturated rings. The van der Waals surface area contributed by atoms with E-state index in [9.17, 15) is 0 Å². The molecule has 3 aromatic rings. The van der Waals surface area contributed by atoms with Gasteiger partial charge in [0.25, 0.3) is 0 Å². The van der Waals surface area contributed by atoms with Gasteiger partial charge in [-0.3, -0.25) is 0 Å². The highest BCUT2D eigenvalue weighted by Crippen LogP contribution is 2.28. The standard InChI is InChI=1S/C21H20ClNS/c1-16-7-11-19(12-8-16)23-21(17-5-3-2-4-6-17)15-24-20-13-9-18(22)10-14-20/h2-14,21,23H,15H2,1H3. The number of thioether (sulfide) groups is 1. The van der Waals surface area contributed by atoms with Crippen molar-refractivity contribution in [3.05, 3.63) is 95.0 Å². The fourth-order valence-electron chi connectivity index (χ4n) is 2.47. The molecule has 1 nitrogen and oxygen atoms in total. The molecule has 1 atom stereocenters. The molecule has 0 saturated heterocycles. The molecule has 3 heteroatoms. The monoisotopic (exact) mass is 353 g/mol. The average molecular weight is 354 g/mol. The Labute approximate surface area is 153 Å². The molecule has 0 radical (unpaired) electrons. The third-order valence-corrected chi connectivity index (χ3v) is 5.18. The van der Waals surface area contributed by atoms with Crippen molar-refractivity contribution in [1.82, 2.24) is 0 Å². The summed E-state index contributed by atoms with van der Waals surface area (Å²) < 4.78 is 0. The van der Waals surface area contributed by atoms with Gasteiger partial charge in [0.15, 0.2) is 0 Å². The molecular weight excluding hydrogens is 334 g/mol. The molecule has 122 valence electrons. The van der Waals surface area contributed by atoms with Gasteiger partial charge in [-0.2, -0.15) is 0 Å². The van der Waals surface area contributed by atoms with Gasteiger partial charge in [-0.25, -0.2) is 0 Å². The van der Waals surface area contributed by atoms with Gasteiger partial charge in [-0.1, -0.05) is 59.6 Å². The van der Waals surface area contributed by atoms with E-state index in [0.717, 1.165) is 16.5 Å². The van der Waals surface area contributed by atoms with E-state index in [1.165, 1.54) is 16.0 Å². The molecule has 0 aliphatic heterocycles. The number of hydrogen-bond acceptors (Lipinski definition) is 2. The predicted octanol–water partition coefficient (Wildman–Crippen LogP) is 6.59. The summed E-state index contributed by atoms with van der Waals surface area (Å²) in [7, 11) is 0. The van der Waals surface area contributed by atoms with Crippen molar-refractivity contribution in [2.75, 3.05) is 11.1 Å². The van der Waals surface area contributed by atoms with E-state index in [2.05, 4.69) is 79.0 Å². The summed E-state index contributed by atoms with van der Waals surface area (Å²) in [5.74, 6) is 0.944. The summed E-state index contributed by atoms with van der Waals surface area (Å²) >= 11 is 7.80. The highest BCUT2D eigenvalue weighted by molar-refractivity contribution is 7.99. The number of hydrogen-bond donors (Lipinski definition) is 1. The Morgan fingerprint density at radius 3 is 2.21 bits per heavy atom. The number of aryl methyl sites for hydroxylation is 1. The normalized spacial score (nSPS) is 11.9. The van der Waals surface area contributed by atoms with Crippen LogP contribution in [0.15, 0.2) is 83.8 Å². The second kappa shape index (κ2) is 8.27. The van der Waals surface area contributed by atoms with Crippen molar-refractivity contribution in [2.24, 2.45) is 0 Å². The van der Waals surface area contributed by atoms with E-state index in [4.69, 9.17) is 11.6 Å². The number of nitrogens with one attached hydrogen (secondary N) is 1. The van der Waals surface area contributed by atoms with Crippen molar-refractivity contribution < 1.29 is 0 Å². The van der Waals surface area contributed by atoms with Gasteiger partial charge < -0.3 is 5.32 Å². The van der Waals surface area contributed by atoms with E-state index < -0.39 is 0 Å². The SMILES string of the molecule is Cc1ccc(NC(CSc2ccc(Cl)cc2)c2ccccc2)cc1. The van der Waals surface area contributed by atoms with E-state index >= 15 is 0 Å². The molecule has 0 aromatic heterocycles. The molecule has 0 bridgehead atoms. The lowest BCUT2D eigenvalue weighted by molar-refractivity contribution is 0.898. The first kappa shape index (κ1) is 16.9. The Kier molecular flexibility index (Phi) is 5.84. The van der Waals surface area contributed by atoms with Gasteiger partial charge in [-0.05, 0) is 48.9 Å². The summed E-state index contributed by atoms with van der Waals surface area (Å²) in [4.78, 5) is 1.23.